The first-order valence-corrected chi connectivity index (χ1v) is 9.29. The lowest BCUT2D eigenvalue weighted by Gasteiger charge is -2.33. The van der Waals surface area contributed by atoms with Gasteiger partial charge >= 0.3 is 0 Å². The number of nitrogens with one attached hydrogen (secondary N) is 1. The molecule has 0 radical (unpaired) electrons. The van der Waals surface area contributed by atoms with Crippen molar-refractivity contribution in [2.75, 3.05) is 38.0 Å². The average molecular weight is 395 g/mol. The Morgan fingerprint density at radius 2 is 1.81 bits per heavy atom. The van der Waals surface area contributed by atoms with Crippen LogP contribution in [-0.2, 0) is 4.79 Å². The molecule has 27 heavy (non-hydrogen) atoms. The smallest absolute Gasteiger partial charge is 0.289 e. The predicted octanol–water partition coefficient (Wildman–Crippen LogP) is 2.99. The number of carbonyl (C=O) groups is 2. The number of hydrogen-bond donors (Lipinski definition) is 1. The van der Waals surface area contributed by atoms with Gasteiger partial charge in [0.05, 0.1) is 12.8 Å². The number of rotatable bonds is 6. The zero-order valence-corrected chi connectivity index (χ0v) is 15.3. The lowest BCUT2D eigenvalue weighted by molar-refractivity contribution is -0.117. The number of amides is 2. The lowest BCUT2D eigenvalue weighted by Crippen LogP contribution is -2.50. The van der Waals surface area contributed by atoms with Crippen LogP contribution in [0.1, 0.15) is 10.6 Å². The van der Waals surface area contributed by atoms with Crippen LogP contribution in [0.3, 0.4) is 0 Å². The largest absolute Gasteiger partial charge is 0.459 e. The van der Waals surface area contributed by atoms with E-state index in [4.69, 9.17) is 4.42 Å². The Labute approximate surface area is 159 Å². The maximum Gasteiger partial charge on any atom is 0.289 e. The van der Waals surface area contributed by atoms with Crippen LogP contribution in [0.15, 0.2) is 52.0 Å². The van der Waals surface area contributed by atoms with Crippen LogP contribution in [0, 0.1) is 0 Å². The highest BCUT2D eigenvalue weighted by Crippen LogP contribution is 2.26. The predicted molar refractivity (Wildman–Crippen MR) is 98.0 cm³/mol. The number of thioether (sulfide) groups is 1. The summed E-state index contributed by atoms with van der Waals surface area (Å²) in [5, 5.41) is 2.75. The van der Waals surface area contributed by atoms with Crippen LogP contribution < -0.4 is 5.32 Å². The molecule has 2 aromatic rings. The van der Waals surface area contributed by atoms with Crippen molar-refractivity contribution in [2.24, 2.45) is 0 Å². The number of furan rings is 1. The van der Waals surface area contributed by atoms with Crippen LogP contribution in [0.25, 0.3) is 0 Å². The van der Waals surface area contributed by atoms with Gasteiger partial charge in [-0.3, -0.25) is 14.5 Å². The number of anilines is 1. The number of alkyl halides is 2. The molecule has 1 aromatic heterocycles. The molecule has 1 aliphatic rings. The van der Waals surface area contributed by atoms with Crippen molar-refractivity contribution < 1.29 is 22.8 Å². The van der Waals surface area contributed by atoms with Crippen molar-refractivity contribution in [1.82, 2.24) is 9.80 Å². The van der Waals surface area contributed by atoms with Crippen molar-refractivity contribution in [3.8, 4) is 0 Å². The SMILES string of the molecule is O=C(CN1CCN(C(=O)c2ccco2)CC1)Nc1ccc(SC(F)F)cc1. The number of halogens is 2. The summed E-state index contributed by atoms with van der Waals surface area (Å²) >= 11 is 0.463. The van der Waals surface area contributed by atoms with E-state index in [0.29, 0.717) is 54.3 Å². The molecular formula is C18H19F2N3O3S. The number of benzene rings is 1. The Bertz CT molecular complexity index is 761. The summed E-state index contributed by atoms with van der Waals surface area (Å²) in [5.74, 6) is -2.49. The lowest BCUT2D eigenvalue weighted by atomic mass is 10.2. The van der Waals surface area contributed by atoms with Crippen LogP contribution >= 0.6 is 11.8 Å². The van der Waals surface area contributed by atoms with Gasteiger partial charge < -0.3 is 14.6 Å². The molecule has 0 bridgehead atoms. The fraction of sp³-hybridized carbons (Fsp3) is 0.333. The van der Waals surface area contributed by atoms with E-state index in [2.05, 4.69) is 5.32 Å². The van der Waals surface area contributed by atoms with Gasteiger partial charge in [-0.1, -0.05) is 11.8 Å². The van der Waals surface area contributed by atoms with Crippen molar-refractivity contribution in [3.05, 3.63) is 48.4 Å². The molecule has 1 fully saturated rings. The summed E-state index contributed by atoms with van der Waals surface area (Å²) in [6.45, 7) is 2.42. The van der Waals surface area contributed by atoms with Crippen LogP contribution in [0.2, 0.25) is 0 Å². The van der Waals surface area contributed by atoms with Crippen molar-refractivity contribution in [1.29, 1.82) is 0 Å². The van der Waals surface area contributed by atoms with E-state index in [1.807, 2.05) is 4.90 Å². The fourth-order valence-corrected chi connectivity index (χ4v) is 3.29. The summed E-state index contributed by atoms with van der Waals surface area (Å²) in [6.07, 6.45) is 1.46. The Balaban J connectivity index is 1.43. The van der Waals surface area contributed by atoms with Gasteiger partial charge in [0.15, 0.2) is 5.76 Å². The van der Waals surface area contributed by atoms with Gasteiger partial charge in [0.2, 0.25) is 5.91 Å². The van der Waals surface area contributed by atoms with E-state index >= 15 is 0 Å². The number of nitrogens with zero attached hydrogens (tertiary/aromatic N) is 2. The molecule has 6 nitrogen and oxygen atoms in total. The molecule has 2 heterocycles. The highest BCUT2D eigenvalue weighted by molar-refractivity contribution is 7.99. The summed E-state index contributed by atoms with van der Waals surface area (Å²) < 4.78 is 29.7. The van der Waals surface area contributed by atoms with E-state index in [-0.39, 0.29) is 18.4 Å². The zero-order chi connectivity index (χ0) is 19.2. The summed E-state index contributed by atoms with van der Waals surface area (Å²) in [6, 6.07) is 9.60. The van der Waals surface area contributed by atoms with E-state index in [9.17, 15) is 18.4 Å². The Hall–Kier alpha value is -2.39. The second-order valence-electron chi connectivity index (χ2n) is 6.00. The molecular weight excluding hydrogens is 376 g/mol. The van der Waals surface area contributed by atoms with Crippen molar-refractivity contribution >= 4 is 29.3 Å². The van der Waals surface area contributed by atoms with Gasteiger partial charge in [-0.15, -0.1) is 0 Å². The summed E-state index contributed by atoms with van der Waals surface area (Å²) in [4.78, 5) is 28.5. The van der Waals surface area contributed by atoms with E-state index in [1.54, 1.807) is 41.3 Å². The van der Waals surface area contributed by atoms with Crippen molar-refractivity contribution in [3.63, 3.8) is 0 Å². The minimum absolute atomic E-state index is 0.147. The summed E-state index contributed by atoms with van der Waals surface area (Å²) in [5.41, 5.74) is 0.560. The Morgan fingerprint density at radius 1 is 1.11 bits per heavy atom. The first-order valence-electron chi connectivity index (χ1n) is 8.41. The number of piperazine rings is 1. The van der Waals surface area contributed by atoms with Crippen molar-refractivity contribution in [2.45, 2.75) is 10.7 Å². The van der Waals surface area contributed by atoms with E-state index in [1.165, 1.54) is 6.26 Å². The minimum Gasteiger partial charge on any atom is -0.459 e. The topological polar surface area (TPSA) is 65.8 Å². The normalized spacial score (nSPS) is 15.1. The molecule has 2 amide bonds. The monoisotopic (exact) mass is 395 g/mol. The minimum atomic E-state index is -2.47. The maximum atomic E-state index is 12.3. The number of carbonyl (C=O) groups excluding carboxylic acids is 2. The maximum absolute atomic E-state index is 12.3. The molecule has 1 aromatic carbocycles. The average Bonchev–Trinajstić information content (AvgIpc) is 3.18. The standard InChI is InChI=1S/C18H19F2N3O3S/c19-18(20)27-14-5-3-13(4-6-14)21-16(24)12-22-7-9-23(10-8-22)17(25)15-2-1-11-26-15/h1-6,11,18H,7-10,12H2,(H,21,24). The number of hydrogen-bond acceptors (Lipinski definition) is 5. The first-order chi connectivity index (χ1) is 13.0. The molecule has 1 saturated heterocycles. The second kappa shape index (κ2) is 9.01. The third-order valence-corrected chi connectivity index (χ3v) is 4.84. The zero-order valence-electron chi connectivity index (χ0n) is 14.4. The van der Waals surface area contributed by atoms with Gasteiger partial charge in [-0.05, 0) is 36.4 Å². The molecule has 0 saturated carbocycles. The van der Waals surface area contributed by atoms with Gasteiger partial charge in [0.1, 0.15) is 0 Å². The van der Waals surface area contributed by atoms with Gasteiger partial charge in [0.25, 0.3) is 11.7 Å². The van der Waals surface area contributed by atoms with E-state index < -0.39 is 5.76 Å². The molecule has 0 atom stereocenters. The molecule has 144 valence electrons. The third kappa shape index (κ3) is 5.54. The van der Waals surface area contributed by atoms with Crippen LogP contribution in [0.4, 0.5) is 14.5 Å². The molecule has 0 unspecified atom stereocenters. The second-order valence-corrected chi connectivity index (χ2v) is 7.06. The molecule has 9 heteroatoms. The highest BCUT2D eigenvalue weighted by Gasteiger charge is 2.24. The third-order valence-electron chi connectivity index (χ3n) is 4.12. The van der Waals surface area contributed by atoms with E-state index in [0.717, 1.165) is 0 Å². The molecule has 1 N–H and O–H groups in total. The molecule has 0 spiro atoms. The highest BCUT2D eigenvalue weighted by atomic mass is 32.2. The van der Waals surface area contributed by atoms with Gasteiger partial charge in [-0.25, -0.2) is 0 Å². The Kier molecular flexibility index (Phi) is 6.46. The quantitative estimate of drug-likeness (QED) is 0.762. The van der Waals surface area contributed by atoms with Crippen LogP contribution in [0.5, 0.6) is 0 Å². The Morgan fingerprint density at radius 3 is 2.41 bits per heavy atom. The molecule has 1 aliphatic heterocycles. The fourth-order valence-electron chi connectivity index (χ4n) is 2.79. The first kappa shape index (κ1) is 19.4. The van der Waals surface area contributed by atoms with Gasteiger partial charge in [0, 0.05) is 36.8 Å². The molecule has 0 aliphatic carbocycles. The molecule has 3 rings (SSSR count). The van der Waals surface area contributed by atoms with Crippen LogP contribution in [-0.4, -0.2) is 60.1 Å². The van der Waals surface area contributed by atoms with Gasteiger partial charge in [-0.2, -0.15) is 8.78 Å². The summed E-state index contributed by atoms with van der Waals surface area (Å²) in [7, 11) is 0.